The predicted molar refractivity (Wildman–Crippen MR) is 74.9 cm³/mol. The van der Waals surface area contributed by atoms with E-state index < -0.39 is 16.1 Å². The molecule has 1 unspecified atom stereocenters. The Bertz CT molecular complexity index is 505. The standard InChI is InChI=1S/C11H17ClN2O3S/c1-8-3-4-9(14-18(2,16)17)5-11(8)13-7-10(15)6-12/h3-5,10,13-15H,6-7H2,1-2H3. The SMILES string of the molecule is Cc1ccc(NS(C)(=O)=O)cc1NCC(O)CCl. The van der Waals surface area contributed by atoms with Gasteiger partial charge in [0.1, 0.15) is 0 Å². The van der Waals surface area contributed by atoms with Crippen molar-refractivity contribution < 1.29 is 13.5 Å². The first kappa shape index (κ1) is 15.1. The molecule has 7 heteroatoms. The van der Waals surface area contributed by atoms with Gasteiger partial charge < -0.3 is 10.4 Å². The Balaban J connectivity index is 2.81. The lowest BCUT2D eigenvalue weighted by atomic mass is 10.2. The molecule has 0 aliphatic carbocycles. The number of hydrogen-bond acceptors (Lipinski definition) is 4. The fraction of sp³-hybridized carbons (Fsp3) is 0.455. The zero-order valence-corrected chi connectivity index (χ0v) is 11.8. The molecule has 0 bridgehead atoms. The molecule has 0 aromatic heterocycles. The maximum atomic E-state index is 11.1. The summed E-state index contributed by atoms with van der Waals surface area (Å²) in [6, 6.07) is 5.15. The van der Waals surface area contributed by atoms with Crippen LogP contribution < -0.4 is 10.0 Å². The van der Waals surface area contributed by atoms with Gasteiger partial charge in [-0.3, -0.25) is 4.72 Å². The molecule has 1 aromatic carbocycles. The number of alkyl halides is 1. The average Bonchev–Trinajstić information content (AvgIpc) is 2.27. The van der Waals surface area contributed by atoms with E-state index in [9.17, 15) is 13.5 Å². The molecule has 0 aliphatic rings. The van der Waals surface area contributed by atoms with Gasteiger partial charge in [-0.2, -0.15) is 0 Å². The van der Waals surface area contributed by atoms with Crippen molar-refractivity contribution in [3.05, 3.63) is 23.8 Å². The zero-order valence-electron chi connectivity index (χ0n) is 10.3. The Morgan fingerprint density at radius 2 is 2.11 bits per heavy atom. The van der Waals surface area contributed by atoms with E-state index in [1.807, 2.05) is 6.92 Å². The van der Waals surface area contributed by atoms with Gasteiger partial charge in [-0.1, -0.05) is 6.07 Å². The van der Waals surface area contributed by atoms with Gasteiger partial charge in [0.15, 0.2) is 0 Å². The number of nitrogens with one attached hydrogen (secondary N) is 2. The van der Waals surface area contributed by atoms with Crippen LogP contribution in [0.25, 0.3) is 0 Å². The Hall–Kier alpha value is -0.980. The van der Waals surface area contributed by atoms with Gasteiger partial charge in [0.25, 0.3) is 0 Å². The molecule has 18 heavy (non-hydrogen) atoms. The van der Waals surface area contributed by atoms with Crippen LogP contribution in [0.3, 0.4) is 0 Å². The molecule has 1 rings (SSSR count). The predicted octanol–water partition coefficient (Wildman–Crippen LogP) is 1.38. The molecule has 1 atom stereocenters. The molecule has 0 heterocycles. The van der Waals surface area contributed by atoms with Crippen LogP contribution in [0.4, 0.5) is 11.4 Å². The van der Waals surface area contributed by atoms with Crippen LogP contribution in [-0.4, -0.2) is 38.3 Å². The normalized spacial score (nSPS) is 13.1. The van der Waals surface area contributed by atoms with Crippen molar-refractivity contribution >= 4 is 33.0 Å². The monoisotopic (exact) mass is 292 g/mol. The molecule has 0 radical (unpaired) electrons. The van der Waals surface area contributed by atoms with Crippen molar-refractivity contribution in [2.45, 2.75) is 13.0 Å². The minimum Gasteiger partial charge on any atom is -0.390 e. The van der Waals surface area contributed by atoms with Crippen molar-refractivity contribution in [3.8, 4) is 0 Å². The molecule has 5 nitrogen and oxygen atoms in total. The fourth-order valence-electron chi connectivity index (χ4n) is 1.37. The largest absolute Gasteiger partial charge is 0.390 e. The summed E-state index contributed by atoms with van der Waals surface area (Å²) in [7, 11) is -3.29. The van der Waals surface area contributed by atoms with Crippen LogP contribution >= 0.6 is 11.6 Å². The van der Waals surface area contributed by atoms with Gasteiger partial charge >= 0.3 is 0 Å². The van der Waals surface area contributed by atoms with E-state index in [2.05, 4.69) is 10.0 Å². The Morgan fingerprint density at radius 1 is 1.44 bits per heavy atom. The summed E-state index contributed by atoms with van der Waals surface area (Å²) in [5.41, 5.74) is 2.19. The van der Waals surface area contributed by atoms with Gasteiger partial charge in [-0.05, 0) is 24.6 Å². The molecule has 0 saturated carbocycles. The highest BCUT2D eigenvalue weighted by Gasteiger charge is 2.06. The summed E-state index contributed by atoms with van der Waals surface area (Å²) >= 11 is 5.49. The molecule has 3 N–H and O–H groups in total. The minimum atomic E-state index is -3.29. The van der Waals surface area contributed by atoms with Gasteiger partial charge in [-0.15, -0.1) is 11.6 Å². The maximum absolute atomic E-state index is 11.1. The molecule has 102 valence electrons. The topological polar surface area (TPSA) is 78.4 Å². The molecule has 0 fully saturated rings. The van der Waals surface area contributed by atoms with Crippen LogP contribution in [0.1, 0.15) is 5.56 Å². The lowest BCUT2D eigenvalue weighted by Crippen LogP contribution is -2.21. The van der Waals surface area contributed by atoms with Crippen LogP contribution in [0.5, 0.6) is 0 Å². The summed E-state index contributed by atoms with van der Waals surface area (Å²) in [5, 5.41) is 12.4. The van der Waals surface area contributed by atoms with Crippen LogP contribution in [0, 0.1) is 6.92 Å². The van der Waals surface area contributed by atoms with Gasteiger partial charge in [-0.25, -0.2) is 8.42 Å². The lowest BCUT2D eigenvalue weighted by Gasteiger charge is -2.14. The number of aliphatic hydroxyl groups excluding tert-OH is 1. The highest BCUT2D eigenvalue weighted by Crippen LogP contribution is 2.20. The number of sulfonamides is 1. The maximum Gasteiger partial charge on any atom is 0.229 e. The van der Waals surface area contributed by atoms with Gasteiger partial charge in [0.05, 0.1) is 23.9 Å². The van der Waals surface area contributed by atoms with Gasteiger partial charge in [0, 0.05) is 12.2 Å². The third-order valence-corrected chi connectivity index (χ3v) is 3.21. The van der Waals surface area contributed by atoms with Crippen molar-refractivity contribution in [1.82, 2.24) is 0 Å². The highest BCUT2D eigenvalue weighted by atomic mass is 35.5. The number of benzene rings is 1. The molecule has 0 saturated heterocycles. The van der Waals surface area contributed by atoms with E-state index in [-0.39, 0.29) is 5.88 Å². The number of aliphatic hydroxyl groups is 1. The number of aryl methyl sites for hydroxylation is 1. The smallest absolute Gasteiger partial charge is 0.229 e. The van der Waals surface area contributed by atoms with E-state index in [1.165, 1.54) is 0 Å². The summed E-state index contributed by atoms with van der Waals surface area (Å²) < 4.78 is 24.6. The van der Waals surface area contributed by atoms with E-state index >= 15 is 0 Å². The number of anilines is 2. The molecule has 0 amide bonds. The number of rotatable bonds is 6. The first-order valence-corrected chi connectivity index (χ1v) is 7.81. The first-order chi connectivity index (χ1) is 8.31. The van der Waals surface area contributed by atoms with Crippen LogP contribution in [0.15, 0.2) is 18.2 Å². The second-order valence-electron chi connectivity index (χ2n) is 4.09. The summed E-state index contributed by atoms with van der Waals surface area (Å²) in [5.74, 6) is 0.146. The van der Waals surface area contributed by atoms with Gasteiger partial charge in [0.2, 0.25) is 10.0 Å². The molecule has 1 aromatic rings. The van der Waals surface area contributed by atoms with E-state index in [1.54, 1.807) is 18.2 Å². The van der Waals surface area contributed by atoms with Crippen molar-refractivity contribution in [3.63, 3.8) is 0 Å². The molecular weight excluding hydrogens is 276 g/mol. The zero-order chi connectivity index (χ0) is 13.8. The third-order valence-electron chi connectivity index (χ3n) is 2.25. The van der Waals surface area contributed by atoms with Crippen LogP contribution in [0.2, 0.25) is 0 Å². The molecular formula is C11H17ClN2O3S. The first-order valence-electron chi connectivity index (χ1n) is 5.38. The van der Waals surface area contributed by atoms with E-state index in [0.29, 0.717) is 12.2 Å². The Kier molecular flexibility index (Phi) is 5.25. The van der Waals surface area contributed by atoms with Crippen molar-refractivity contribution in [2.75, 3.05) is 28.7 Å². The summed E-state index contributed by atoms with van der Waals surface area (Å²) in [6.45, 7) is 2.20. The Morgan fingerprint density at radius 3 is 2.67 bits per heavy atom. The average molecular weight is 293 g/mol. The Labute approximate surface area is 112 Å². The number of halogens is 1. The minimum absolute atomic E-state index is 0.146. The third kappa shape index (κ3) is 5.12. The summed E-state index contributed by atoms with van der Waals surface area (Å²) in [4.78, 5) is 0. The van der Waals surface area contributed by atoms with E-state index in [4.69, 9.17) is 11.6 Å². The van der Waals surface area contributed by atoms with Crippen molar-refractivity contribution in [2.24, 2.45) is 0 Å². The highest BCUT2D eigenvalue weighted by molar-refractivity contribution is 7.92. The molecule has 0 aliphatic heterocycles. The lowest BCUT2D eigenvalue weighted by molar-refractivity contribution is 0.211. The summed E-state index contributed by atoms with van der Waals surface area (Å²) in [6.07, 6.45) is 0.453. The second-order valence-corrected chi connectivity index (χ2v) is 6.15. The van der Waals surface area contributed by atoms with Crippen LogP contribution in [-0.2, 0) is 10.0 Å². The number of hydrogen-bond donors (Lipinski definition) is 3. The van der Waals surface area contributed by atoms with Crippen molar-refractivity contribution in [1.29, 1.82) is 0 Å². The molecule has 0 spiro atoms. The fourth-order valence-corrected chi connectivity index (χ4v) is 2.04. The van der Waals surface area contributed by atoms with E-state index in [0.717, 1.165) is 17.5 Å². The quantitative estimate of drug-likeness (QED) is 0.692. The second kappa shape index (κ2) is 6.26.